The van der Waals surface area contributed by atoms with E-state index in [1.54, 1.807) is 6.07 Å². The Bertz CT molecular complexity index is 1830. The van der Waals surface area contributed by atoms with E-state index in [0.29, 0.717) is 33.7 Å². The normalized spacial score (nSPS) is 13.5. The maximum absolute atomic E-state index is 12.6. The van der Waals surface area contributed by atoms with Crippen molar-refractivity contribution in [2.24, 2.45) is 0 Å². The summed E-state index contributed by atoms with van der Waals surface area (Å²) < 4.78 is 40.8. The molecule has 4 aromatic rings. The number of aromatic nitrogens is 3. The molecule has 0 aliphatic heterocycles. The standard InChI is InChI=1S/C15H18Cl2N2O3.C14H12ClNO4S/c1-8(2)21-12-7-11(9(16)6-10(12)17)19-14(20)22-13(18-19)15(3,4)5;1-21(18,19)12-6-9(15)4-5-10(12)13(17)11-7-16-20-14(11)8-2-3-8/h6-8H,1-5H3;4-8H,2-3H2,1H3. The van der Waals surface area contributed by atoms with Crippen LogP contribution in [0.15, 0.2) is 55.2 Å². The van der Waals surface area contributed by atoms with E-state index in [9.17, 15) is 18.0 Å². The first-order valence-electron chi connectivity index (χ1n) is 13.2. The second-order valence-corrected chi connectivity index (χ2v) is 14.6. The van der Waals surface area contributed by atoms with Gasteiger partial charge in [0.2, 0.25) is 5.89 Å². The zero-order valence-corrected chi connectivity index (χ0v) is 27.4. The third-order valence-corrected chi connectivity index (χ3v) is 8.13. The minimum atomic E-state index is -3.57. The van der Waals surface area contributed by atoms with Crippen molar-refractivity contribution in [3.05, 3.63) is 84.9 Å². The van der Waals surface area contributed by atoms with Gasteiger partial charge in [-0.25, -0.2) is 13.2 Å². The van der Waals surface area contributed by atoms with Gasteiger partial charge >= 0.3 is 5.76 Å². The van der Waals surface area contributed by atoms with Crippen LogP contribution in [0.2, 0.25) is 15.1 Å². The summed E-state index contributed by atoms with van der Waals surface area (Å²) >= 11 is 18.1. The number of rotatable bonds is 7. The number of nitrogens with zero attached hydrogens (tertiary/aromatic N) is 3. The molecule has 14 heteroatoms. The fourth-order valence-electron chi connectivity index (χ4n) is 3.95. The van der Waals surface area contributed by atoms with E-state index in [1.807, 2.05) is 34.6 Å². The van der Waals surface area contributed by atoms with Crippen LogP contribution in [0.5, 0.6) is 5.75 Å². The summed E-state index contributed by atoms with van der Waals surface area (Å²) in [4.78, 5) is 24.6. The highest BCUT2D eigenvalue weighted by Gasteiger charge is 2.34. The van der Waals surface area contributed by atoms with Crippen molar-refractivity contribution >= 4 is 50.4 Å². The summed E-state index contributed by atoms with van der Waals surface area (Å²) in [7, 11) is -3.57. The molecule has 43 heavy (non-hydrogen) atoms. The fraction of sp³-hybridized carbons (Fsp3) is 0.379. The summed E-state index contributed by atoms with van der Waals surface area (Å²) in [6, 6.07) is 7.31. The van der Waals surface area contributed by atoms with E-state index in [1.165, 1.54) is 30.5 Å². The lowest BCUT2D eigenvalue weighted by atomic mass is 9.97. The number of benzene rings is 2. The molecule has 2 aromatic carbocycles. The minimum absolute atomic E-state index is 0.0642. The van der Waals surface area contributed by atoms with Crippen LogP contribution in [0, 0.1) is 0 Å². The molecule has 0 spiro atoms. The molecule has 0 radical (unpaired) electrons. The lowest BCUT2D eigenvalue weighted by molar-refractivity contribution is 0.103. The van der Waals surface area contributed by atoms with Gasteiger partial charge in [-0.3, -0.25) is 4.79 Å². The summed E-state index contributed by atoms with van der Waals surface area (Å²) in [5, 5.41) is 8.81. The van der Waals surface area contributed by atoms with E-state index in [0.717, 1.165) is 23.8 Å². The second-order valence-electron chi connectivity index (χ2n) is 11.4. The molecular weight excluding hydrogens is 641 g/mol. The predicted octanol–water partition coefficient (Wildman–Crippen LogP) is 7.06. The van der Waals surface area contributed by atoms with Crippen molar-refractivity contribution < 1.29 is 26.9 Å². The molecule has 0 atom stereocenters. The first-order chi connectivity index (χ1) is 20.0. The number of carbonyl (C=O) groups is 1. The Morgan fingerprint density at radius 2 is 1.74 bits per heavy atom. The van der Waals surface area contributed by atoms with Gasteiger partial charge in [0.1, 0.15) is 5.75 Å². The lowest BCUT2D eigenvalue weighted by Gasteiger charge is -2.13. The zero-order valence-electron chi connectivity index (χ0n) is 24.3. The average Bonchev–Trinajstić information content (AvgIpc) is 3.48. The third kappa shape index (κ3) is 7.70. The van der Waals surface area contributed by atoms with Crippen molar-refractivity contribution in [3.8, 4) is 11.4 Å². The molecule has 5 rings (SSSR count). The minimum Gasteiger partial charge on any atom is -0.489 e. The molecule has 10 nitrogen and oxygen atoms in total. The molecule has 1 aliphatic carbocycles. The highest BCUT2D eigenvalue weighted by atomic mass is 35.5. The SMILES string of the molecule is CC(C)Oc1cc(-n2nc(C(C)(C)C)oc2=O)c(Cl)cc1Cl.CS(=O)(=O)c1cc(Cl)ccc1C(=O)c1cnoc1C1CC1. The van der Waals surface area contributed by atoms with E-state index >= 15 is 0 Å². The van der Waals surface area contributed by atoms with Crippen LogP contribution in [0.1, 0.15) is 81.0 Å². The molecule has 0 bridgehead atoms. The Hall–Kier alpha value is -3.12. The van der Waals surface area contributed by atoms with Crippen LogP contribution < -0.4 is 10.5 Å². The molecular formula is C29H30Cl3N3O7S. The number of halogens is 3. The van der Waals surface area contributed by atoms with Crippen LogP contribution in [-0.4, -0.2) is 41.5 Å². The molecule has 0 N–H and O–H groups in total. The molecule has 0 amide bonds. The first kappa shape index (κ1) is 32.8. The summed E-state index contributed by atoms with van der Waals surface area (Å²) in [5.74, 6) is 0.493. The van der Waals surface area contributed by atoms with Crippen molar-refractivity contribution in [3.63, 3.8) is 0 Å². The van der Waals surface area contributed by atoms with Crippen molar-refractivity contribution in [1.82, 2.24) is 14.9 Å². The molecule has 1 fully saturated rings. The molecule has 2 aromatic heterocycles. The highest BCUT2D eigenvalue weighted by molar-refractivity contribution is 7.90. The van der Waals surface area contributed by atoms with E-state index in [4.69, 9.17) is 48.5 Å². The van der Waals surface area contributed by atoms with Crippen LogP contribution in [0.25, 0.3) is 5.69 Å². The van der Waals surface area contributed by atoms with Crippen molar-refractivity contribution in [1.29, 1.82) is 0 Å². The van der Waals surface area contributed by atoms with Gasteiger partial charge in [0.05, 0.1) is 38.5 Å². The van der Waals surface area contributed by atoms with Crippen LogP contribution >= 0.6 is 34.8 Å². The Labute approximate surface area is 263 Å². The Balaban J connectivity index is 0.000000197. The van der Waals surface area contributed by atoms with Gasteiger partial charge in [0.15, 0.2) is 21.4 Å². The van der Waals surface area contributed by atoms with Gasteiger partial charge in [0, 0.05) is 34.2 Å². The van der Waals surface area contributed by atoms with E-state index in [2.05, 4.69) is 10.3 Å². The van der Waals surface area contributed by atoms with Gasteiger partial charge < -0.3 is 13.7 Å². The lowest BCUT2D eigenvalue weighted by Crippen LogP contribution is -2.15. The number of hydrogen-bond donors (Lipinski definition) is 0. The summed E-state index contributed by atoms with van der Waals surface area (Å²) in [6.45, 7) is 9.47. The first-order valence-corrected chi connectivity index (χ1v) is 16.3. The Morgan fingerprint density at radius 1 is 1.07 bits per heavy atom. The smallest absolute Gasteiger partial charge is 0.442 e. The molecule has 1 saturated carbocycles. The average molecular weight is 671 g/mol. The van der Waals surface area contributed by atoms with Gasteiger partial charge in [-0.1, -0.05) is 60.7 Å². The predicted molar refractivity (Wildman–Crippen MR) is 163 cm³/mol. The van der Waals surface area contributed by atoms with Crippen LogP contribution in [-0.2, 0) is 15.3 Å². The van der Waals surface area contributed by atoms with Crippen LogP contribution in [0.3, 0.4) is 0 Å². The third-order valence-electron chi connectivity index (χ3n) is 6.16. The molecule has 1 aliphatic rings. The number of ketones is 1. The molecule has 0 unspecified atom stereocenters. The van der Waals surface area contributed by atoms with Gasteiger partial charge in [0.25, 0.3) is 0 Å². The quantitative estimate of drug-likeness (QED) is 0.189. The molecule has 2 heterocycles. The maximum Gasteiger partial charge on any atom is 0.442 e. The summed E-state index contributed by atoms with van der Waals surface area (Å²) in [6.07, 6.45) is 4.23. The topological polar surface area (TPSA) is 134 Å². The second kappa shape index (κ2) is 12.5. The van der Waals surface area contributed by atoms with Gasteiger partial charge in [-0.15, -0.1) is 5.10 Å². The number of sulfone groups is 1. The molecule has 0 saturated heterocycles. The van der Waals surface area contributed by atoms with E-state index < -0.39 is 21.4 Å². The Kier molecular flexibility index (Phi) is 9.51. The van der Waals surface area contributed by atoms with Crippen molar-refractivity contribution in [2.45, 2.75) is 69.8 Å². The highest BCUT2D eigenvalue weighted by Crippen LogP contribution is 2.42. The van der Waals surface area contributed by atoms with Crippen molar-refractivity contribution in [2.75, 3.05) is 6.26 Å². The van der Waals surface area contributed by atoms with Crippen LogP contribution in [0.4, 0.5) is 0 Å². The van der Waals surface area contributed by atoms with Gasteiger partial charge in [-0.2, -0.15) is 4.68 Å². The monoisotopic (exact) mass is 669 g/mol. The maximum atomic E-state index is 12.6. The fourth-order valence-corrected chi connectivity index (χ4v) is 5.60. The Morgan fingerprint density at radius 3 is 2.30 bits per heavy atom. The zero-order chi connectivity index (χ0) is 31.9. The largest absolute Gasteiger partial charge is 0.489 e. The van der Waals surface area contributed by atoms with E-state index in [-0.39, 0.29) is 37.9 Å². The number of carbonyl (C=O) groups excluding carboxylic acids is 1. The summed E-state index contributed by atoms with van der Waals surface area (Å²) in [5.41, 5.74) is 0.392. The number of hydrogen-bond acceptors (Lipinski definition) is 9. The van der Waals surface area contributed by atoms with Gasteiger partial charge in [-0.05, 0) is 51.0 Å². The number of ether oxygens (including phenoxy) is 1. The molecule has 230 valence electrons.